The monoisotopic (exact) mass is 975 g/mol. The maximum absolute atomic E-state index is 14.0. The maximum Gasteiger partial charge on any atom is 0.312 e. The molecule has 3 saturated carbocycles. The van der Waals surface area contributed by atoms with Crippen molar-refractivity contribution in [2.45, 2.75) is 119 Å². The molecule has 3 aliphatic heterocycles. The number of H-pyrrole nitrogens is 1. The lowest BCUT2D eigenvalue weighted by Gasteiger charge is -2.56. The molecular formula is C51H61N9O7S2. The minimum Gasteiger partial charge on any atom is -0.455 e. The summed E-state index contributed by atoms with van der Waals surface area (Å²) < 4.78 is 53.8. The second-order valence-electron chi connectivity index (χ2n) is 20.5. The molecule has 3 saturated heterocycles. The summed E-state index contributed by atoms with van der Waals surface area (Å²) in [5, 5.41) is 16.1. The SMILES string of the molecule is O=C(NS(=O)(=O)c1cnc(NCC2CCC(N=S3(=O)CCCC3)CC2)c([N+](=O)[O-])c1)c1ccc(N2CCC3(CC2)CC(N2CCC[C@H]2c2ccccc2C2CC2)C3)cc1Oc1cnc2[nH]ccc2c1. The van der Waals surface area contributed by atoms with E-state index in [0.29, 0.717) is 46.9 Å². The number of fused-ring (bicyclic) bond motifs is 1. The number of hydrogen-bond acceptors (Lipinski definition) is 13. The smallest absolute Gasteiger partial charge is 0.312 e. The van der Waals surface area contributed by atoms with E-state index >= 15 is 0 Å². The Labute approximate surface area is 403 Å². The van der Waals surface area contributed by atoms with E-state index in [1.54, 1.807) is 41.7 Å². The van der Waals surface area contributed by atoms with Crippen molar-refractivity contribution >= 4 is 53.9 Å². The highest BCUT2D eigenvalue weighted by atomic mass is 32.2. The molecule has 69 heavy (non-hydrogen) atoms. The molecule has 6 aliphatic rings. The molecule has 18 heteroatoms. The molecule has 3 N–H and O–H groups in total. The molecule has 1 spiro atoms. The number of nitrogens with zero attached hydrogens (tertiary/aromatic N) is 6. The summed E-state index contributed by atoms with van der Waals surface area (Å²) >= 11 is 0. The van der Waals surface area contributed by atoms with Crippen LogP contribution >= 0.6 is 0 Å². The lowest BCUT2D eigenvalue weighted by molar-refractivity contribution is -0.384. The summed E-state index contributed by atoms with van der Waals surface area (Å²) in [4.78, 5) is 41.9. The predicted molar refractivity (Wildman–Crippen MR) is 266 cm³/mol. The number of nitro groups is 1. The second kappa shape index (κ2) is 18.6. The second-order valence-corrected chi connectivity index (χ2v) is 24.8. The molecule has 0 unspecified atom stereocenters. The van der Waals surface area contributed by atoms with Crippen LogP contribution in [0.5, 0.6) is 11.5 Å². The van der Waals surface area contributed by atoms with Crippen molar-refractivity contribution in [3.8, 4) is 11.5 Å². The Bertz CT molecular complexity index is 2990. The van der Waals surface area contributed by atoms with Crippen molar-refractivity contribution in [1.29, 1.82) is 0 Å². The van der Waals surface area contributed by atoms with E-state index < -0.39 is 41.2 Å². The number of ether oxygens (including phenoxy) is 1. The lowest BCUT2D eigenvalue weighted by atomic mass is 9.59. The maximum atomic E-state index is 14.0. The van der Waals surface area contributed by atoms with Crippen LogP contribution in [-0.4, -0.2) is 93.1 Å². The molecule has 3 aromatic heterocycles. The fraction of sp³-hybridized carbons (Fsp3) is 0.510. The summed E-state index contributed by atoms with van der Waals surface area (Å²) in [6.45, 7) is 3.25. The van der Waals surface area contributed by atoms with Crippen LogP contribution in [-0.2, 0) is 19.8 Å². The van der Waals surface area contributed by atoms with Crippen LogP contribution in [0.25, 0.3) is 11.0 Å². The number of anilines is 2. The van der Waals surface area contributed by atoms with E-state index in [9.17, 15) is 27.5 Å². The van der Waals surface area contributed by atoms with Crippen LogP contribution in [0.1, 0.15) is 123 Å². The first-order chi connectivity index (χ1) is 33.4. The van der Waals surface area contributed by atoms with Gasteiger partial charge in [0.15, 0.2) is 0 Å². The topological polar surface area (TPSA) is 205 Å². The number of aromatic nitrogens is 3. The van der Waals surface area contributed by atoms with Gasteiger partial charge >= 0.3 is 5.69 Å². The molecule has 6 heterocycles. The third-order valence-corrected chi connectivity index (χ3v) is 19.8. The standard InChI is InChI=1S/C51H61N9O7S2/c61-50(57-69(65,66)41-28-46(60(62)63)49(55-33-41)53-31-34-9-13-37(14-10-34)56-68(64)24-3-4-25-68)44-16-15-38(27-47(44)67-40-26-36-17-20-52-48(36)54-32-40)58-22-18-51(19-23-58)29-39(30-51)59-21-5-8-45(59)43-7-2-1-6-42(43)35-11-12-35/h1-2,6-7,15-17,20,26-28,32-35,37,39,45H,3-5,8-14,18-19,21-25,29-31H2,(H,52,54)(H,53,55)(H,57,61)/t34?,37?,45-/m0/s1. The molecule has 1 atom stereocenters. The van der Waals surface area contributed by atoms with Gasteiger partial charge in [-0.2, -0.15) is 0 Å². The van der Waals surface area contributed by atoms with Gasteiger partial charge in [-0.25, -0.2) is 31.7 Å². The molecule has 6 fully saturated rings. The Balaban J connectivity index is 0.760. The zero-order chi connectivity index (χ0) is 47.3. The zero-order valence-corrected chi connectivity index (χ0v) is 40.5. The van der Waals surface area contributed by atoms with Crippen molar-refractivity contribution in [2.75, 3.05) is 47.9 Å². The number of carbonyl (C=O) groups excluding carboxylic acids is 1. The summed E-state index contributed by atoms with van der Waals surface area (Å²) in [6.07, 6.45) is 19.1. The third kappa shape index (κ3) is 9.68. The molecule has 11 rings (SSSR count). The third-order valence-electron chi connectivity index (χ3n) is 15.9. The van der Waals surface area contributed by atoms with E-state index in [1.807, 2.05) is 12.1 Å². The number of hydrogen-bond donors (Lipinski definition) is 3. The van der Waals surface area contributed by atoms with Gasteiger partial charge in [0.05, 0.1) is 28.9 Å². The van der Waals surface area contributed by atoms with Crippen LogP contribution < -0.4 is 19.7 Å². The van der Waals surface area contributed by atoms with Crippen molar-refractivity contribution in [1.82, 2.24) is 24.6 Å². The van der Waals surface area contributed by atoms with Crippen LogP contribution in [0.4, 0.5) is 17.2 Å². The van der Waals surface area contributed by atoms with Crippen LogP contribution in [0, 0.1) is 21.4 Å². The number of likely N-dealkylation sites (tertiary alicyclic amines) is 1. The zero-order valence-electron chi connectivity index (χ0n) is 38.9. The molecule has 0 bridgehead atoms. The first-order valence-corrected chi connectivity index (χ1v) is 28.3. The molecule has 2 aromatic carbocycles. The van der Waals surface area contributed by atoms with Crippen molar-refractivity contribution in [3.63, 3.8) is 0 Å². The summed E-state index contributed by atoms with van der Waals surface area (Å²) in [6, 6.07) is 20.1. The van der Waals surface area contributed by atoms with E-state index in [0.717, 1.165) is 93.7 Å². The van der Waals surface area contributed by atoms with E-state index in [2.05, 4.69) is 59.1 Å². The van der Waals surface area contributed by atoms with E-state index in [4.69, 9.17) is 9.10 Å². The Hall–Kier alpha value is -5.59. The first-order valence-electron chi connectivity index (χ1n) is 24.9. The van der Waals surface area contributed by atoms with Crippen molar-refractivity contribution < 1.29 is 27.1 Å². The minimum atomic E-state index is -4.64. The van der Waals surface area contributed by atoms with E-state index in [1.165, 1.54) is 45.1 Å². The number of carbonyl (C=O) groups is 1. The van der Waals surface area contributed by atoms with Gasteiger partial charge in [-0.05, 0) is 149 Å². The van der Waals surface area contributed by atoms with Crippen LogP contribution in [0.15, 0.2) is 88.5 Å². The number of nitrogens with one attached hydrogen (secondary N) is 3. The molecule has 3 aliphatic carbocycles. The molecule has 1 amide bonds. The molecule has 5 aromatic rings. The normalized spacial score (nSPS) is 23.7. The number of sulfonamides is 1. The Kier molecular flexibility index (Phi) is 12.4. The van der Waals surface area contributed by atoms with Gasteiger partial charge in [0.1, 0.15) is 22.0 Å². The Morgan fingerprint density at radius 3 is 2.43 bits per heavy atom. The number of rotatable bonds is 14. The lowest BCUT2D eigenvalue weighted by Crippen LogP contribution is -2.54. The molecule has 0 radical (unpaired) electrons. The fourth-order valence-electron chi connectivity index (χ4n) is 12.0. The average molecular weight is 976 g/mol. The summed E-state index contributed by atoms with van der Waals surface area (Å²) in [5.41, 5.74) is 4.40. The number of benzene rings is 2. The minimum absolute atomic E-state index is 0.0337. The summed E-state index contributed by atoms with van der Waals surface area (Å²) in [5.74, 6) is 1.79. The quantitative estimate of drug-likeness (QED) is 0.0703. The van der Waals surface area contributed by atoms with Gasteiger partial charge < -0.3 is 19.9 Å². The average Bonchev–Trinajstić information content (AvgIpc) is 3.64. The van der Waals surface area contributed by atoms with E-state index in [-0.39, 0.29) is 29.1 Å². The van der Waals surface area contributed by atoms with Crippen LogP contribution in [0.2, 0.25) is 0 Å². The highest BCUT2D eigenvalue weighted by Gasteiger charge is 2.50. The van der Waals surface area contributed by atoms with Gasteiger partial charge in [-0.15, -0.1) is 0 Å². The predicted octanol–water partition coefficient (Wildman–Crippen LogP) is 9.47. The highest BCUT2D eigenvalue weighted by molar-refractivity contribution is 7.93. The number of amides is 1. The van der Waals surface area contributed by atoms with Crippen molar-refractivity contribution in [2.24, 2.45) is 15.7 Å². The molecular weight excluding hydrogens is 915 g/mol. The summed E-state index contributed by atoms with van der Waals surface area (Å²) in [7, 11) is -6.72. The number of aromatic amines is 1. The van der Waals surface area contributed by atoms with Crippen LogP contribution in [0.3, 0.4) is 0 Å². The van der Waals surface area contributed by atoms with Gasteiger partial charge in [0.25, 0.3) is 15.9 Å². The van der Waals surface area contributed by atoms with Gasteiger partial charge in [0, 0.05) is 82.4 Å². The molecule has 16 nitrogen and oxygen atoms in total. The number of pyridine rings is 2. The highest BCUT2D eigenvalue weighted by Crippen LogP contribution is 2.55. The van der Waals surface area contributed by atoms with Gasteiger partial charge in [0.2, 0.25) is 5.82 Å². The fourth-order valence-corrected chi connectivity index (χ4v) is 15.4. The number of piperidine rings is 1. The molecule has 364 valence electrons. The van der Waals surface area contributed by atoms with Gasteiger partial charge in [-0.1, -0.05) is 24.3 Å². The largest absolute Gasteiger partial charge is 0.455 e. The Morgan fingerprint density at radius 2 is 1.68 bits per heavy atom. The van der Waals surface area contributed by atoms with Crippen molar-refractivity contribution in [3.05, 3.63) is 106 Å². The Morgan fingerprint density at radius 1 is 0.913 bits per heavy atom. The van der Waals surface area contributed by atoms with Gasteiger partial charge in [-0.3, -0.25) is 19.8 Å². The first kappa shape index (κ1) is 45.8.